The summed E-state index contributed by atoms with van der Waals surface area (Å²) in [6.07, 6.45) is 1.97. The fourth-order valence-corrected chi connectivity index (χ4v) is 6.82. The molecule has 0 N–H and O–H groups in total. The first-order valence-corrected chi connectivity index (χ1v) is 15.2. The van der Waals surface area contributed by atoms with Crippen molar-refractivity contribution in [2.24, 2.45) is 0 Å². The van der Waals surface area contributed by atoms with E-state index in [0.717, 1.165) is 22.1 Å². The number of thioether (sulfide) groups is 1. The summed E-state index contributed by atoms with van der Waals surface area (Å²) < 4.78 is 13.6. The number of nitrogens with zero attached hydrogens (tertiary/aromatic N) is 5. The van der Waals surface area contributed by atoms with Crippen LogP contribution in [0.5, 0.6) is 0 Å². The van der Waals surface area contributed by atoms with Crippen molar-refractivity contribution in [1.29, 1.82) is 0 Å². The van der Waals surface area contributed by atoms with Crippen molar-refractivity contribution in [2.45, 2.75) is 36.0 Å². The Balaban J connectivity index is 1.17. The molecular formula is C27H25Cl2N5O3S2. The number of rotatable bonds is 7. The lowest BCUT2D eigenvalue weighted by molar-refractivity contribution is -0.181. The van der Waals surface area contributed by atoms with Crippen molar-refractivity contribution in [1.82, 2.24) is 24.6 Å². The topological polar surface area (TPSA) is 82.4 Å². The van der Waals surface area contributed by atoms with E-state index in [0.29, 0.717) is 72.2 Å². The van der Waals surface area contributed by atoms with Gasteiger partial charge >= 0.3 is 0 Å². The minimum Gasteiger partial charge on any atom is -0.347 e. The molecule has 0 unspecified atom stereocenters. The zero-order chi connectivity index (χ0) is 26.8. The van der Waals surface area contributed by atoms with Gasteiger partial charge in [-0.3, -0.25) is 9.36 Å². The number of hydrogen-bond donors (Lipinski definition) is 0. The van der Waals surface area contributed by atoms with Crippen molar-refractivity contribution in [3.63, 3.8) is 0 Å². The van der Waals surface area contributed by atoms with Crippen LogP contribution in [-0.2, 0) is 21.6 Å². The van der Waals surface area contributed by atoms with Crippen LogP contribution in [0, 0.1) is 0 Å². The molecule has 0 atom stereocenters. The second-order valence-electron chi connectivity index (χ2n) is 9.31. The molecule has 4 heterocycles. The van der Waals surface area contributed by atoms with Crippen molar-refractivity contribution < 1.29 is 14.3 Å². The number of piperidine rings is 1. The van der Waals surface area contributed by atoms with E-state index in [2.05, 4.69) is 27.3 Å². The maximum absolute atomic E-state index is 13.1. The van der Waals surface area contributed by atoms with Gasteiger partial charge in [0.25, 0.3) is 5.91 Å². The van der Waals surface area contributed by atoms with Gasteiger partial charge in [-0.1, -0.05) is 65.3 Å². The Labute approximate surface area is 244 Å². The lowest BCUT2D eigenvalue weighted by Crippen LogP contribution is -2.47. The van der Waals surface area contributed by atoms with Crippen LogP contribution < -0.4 is 0 Å². The summed E-state index contributed by atoms with van der Waals surface area (Å²) in [7, 11) is 0. The first-order valence-electron chi connectivity index (χ1n) is 12.6. The maximum Gasteiger partial charge on any atom is 0.273 e. The summed E-state index contributed by atoms with van der Waals surface area (Å²) in [5, 5.41) is 13.3. The SMILES string of the molecule is O=C(c1csc(CSc2nnc(Cc3ccccc3)n2-c2ccc(Cl)c(Cl)c2)n1)N1CCC2(CC1)OCCO2. The number of amides is 1. The molecule has 39 heavy (non-hydrogen) atoms. The molecule has 0 bridgehead atoms. The summed E-state index contributed by atoms with van der Waals surface area (Å²) in [5.41, 5.74) is 2.42. The third-order valence-electron chi connectivity index (χ3n) is 6.79. The van der Waals surface area contributed by atoms with Gasteiger partial charge in [-0.05, 0) is 23.8 Å². The van der Waals surface area contributed by atoms with Gasteiger partial charge in [0.15, 0.2) is 10.9 Å². The van der Waals surface area contributed by atoms with Gasteiger partial charge in [0, 0.05) is 37.7 Å². The van der Waals surface area contributed by atoms with Crippen molar-refractivity contribution >= 4 is 52.2 Å². The highest BCUT2D eigenvalue weighted by Crippen LogP contribution is 2.33. The van der Waals surface area contributed by atoms with Crippen LogP contribution in [0.1, 0.15) is 39.7 Å². The molecule has 2 aliphatic rings. The number of likely N-dealkylation sites (tertiary alicyclic amines) is 1. The Morgan fingerprint density at radius 2 is 1.79 bits per heavy atom. The fourth-order valence-electron chi connectivity index (χ4n) is 4.77. The minimum atomic E-state index is -0.510. The average Bonchev–Trinajstić information content (AvgIpc) is 3.71. The van der Waals surface area contributed by atoms with Gasteiger partial charge in [0.1, 0.15) is 16.5 Å². The monoisotopic (exact) mass is 601 g/mol. The Hall–Kier alpha value is -2.47. The molecule has 0 saturated carbocycles. The van der Waals surface area contributed by atoms with Gasteiger partial charge in [0.05, 0.1) is 34.7 Å². The molecule has 0 radical (unpaired) electrons. The Morgan fingerprint density at radius 1 is 1.03 bits per heavy atom. The summed E-state index contributed by atoms with van der Waals surface area (Å²) in [4.78, 5) is 19.6. The number of ether oxygens (including phenoxy) is 2. The molecule has 202 valence electrons. The van der Waals surface area contributed by atoms with Crippen molar-refractivity contribution in [3.8, 4) is 5.69 Å². The van der Waals surface area contributed by atoms with Crippen LogP contribution in [0.4, 0.5) is 0 Å². The van der Waals surface area contributed by atoms with Gasteiger partial charge in [-0.25, -0.2) is 4.98 Å². The normalized spacial score (nSPS) is 16.7. The quantitative estimate of drug-likeness (QED) is 0.244. The van der Waals surface area contributed by atoms with Crippen molar-refractivity contribution in [2.75, 3.05) is 26.3 Å². The van der Waals surface area contributed by atoms with Crippen LogP contribution in [-0.4, -0.2) is 62.6 Å². The molecule has 4 aromatic rings. The smallest absolute Gasteiger partial charge is 0.273 e. The maximum atomic E-state index is 13.1. The molecule has 2 fully saturated rings. The van der Waals surface area contributed by atoms with Gasteiger partial charge in [-0.2, -0.15) is 0 Å². The van der Waals surface area contributed by atoms with Crippen LogP contribution in [0.15, 0.2) is 59.1 Å². The lowest BCUT2D eigenvalue weighted by Gasteiger charge is -2.37. The molecule has 2 saturated heterocycles. The van der Waals surface area contributed by atoms with E-state index in [1.165, 1.54) is 23.1 Å². The average molecular weight is 603 g/mol. The number of hydrogen-bond acceptors (Lipinski definition) is 8. The number of carbonyl (C=O) groups excluding carboxylic acids is 1. The molecule has 12 heteroatoms. The number of halogens is 2. The minimum absolute atomic E-state index is 0.0560. The van der Waals surface area contributed by atoms with E-state index >= 15 is 0 Å². The Kier molecular flexibility index (Phi) is 7.93. The Bertz CT molecular complexity index is 1460. The molecule has 2 aromatic carbocycles. The van der Waals surface area contributed by atoms with Crippen molar-refractivity contribution in [3.05, 3.63) is 86.0 Å². The van der Waals surface area contributed by atoms with E-state index in [9.17, 15) is 4.79 Å². The molecule has 8 nitrogen and oxygen atoms in total. The van der Waals surface area contributed by atoms with E-state index in [1.807, 2.05) is 45.2 Å². The third kappa shape index (κ3) is 5.86. The highest BCUT2D eigenvalue weighted by molar-refractivity contribution is 7.98. The molecular weight excluding hydrogens is 577 g/mol. The number of benzene rings is 2. The lowest BCUT2D eigenvalue weighted by atomic mass is 10.0. The summed E-state index contributed by atoms with van der Waals surface area (Å²) in [6.45, 7) is 2.43. The third-order valence-corrected chi connectivity index (χ3v) is 9.50. The van der Waals surface area contributed by atoms with E-state index < -0.39 is 5.79 Å². The first-order chi connectivity index (χ1) is 19.0. The molecule has 2 aliphatic heterocycles. The summed E-state index contributed by atoms with van der Waals surface area (Å²) >= 11 is 15.5. The highest BCUT2D eigenvalue weighted by Gasteiger charge is 2.41. The Morgan fingerprint density at radius 3 is 2.54 bits per heavy atom. The molecule has 1 spiro atoms. The summed E-state index contributed by atoms with van der Waals surface area (Å²) in [6, 6.07) is 15.6. The summed E-state index contributed by atoms with van der Waals surface area (Å²) in [5.74, 6) is 0.771. The molecule has 0 aliphatic carbocycles. The second kappa shape index (κ2) is 11.6. The molecule has 2 aromatic heterocycles. The first kappa shape index (κ1) is 26.7. The van der Waals surface area contributed by atoms with E-state index in [4.69, 9.17) is 32.7 Å². The zero-order valence-electron chi connectivity index (χ0n) is 20.9. The fraction of sp³-hybridized carbons (Fsp3) is 0.333. The van der Waals surface area contributed by atoms with Crippen LogP contribution >= 0.6 is 46.3 Å². The van der Waals surface area contributed by atoms with Crippen LogP contribution in [0.25, 0.3) is 5.69 Å². The van der Waals surface area contributed by atoms with E-state index in [-0.39, 0.29) is 5.91 Å². The number of carbonyl (C=O) groups is 1. The van der Waals surface area contributed by atoms with Crippen LogP contribution in [0.3, 0.4) is 0 Å². The molecule has 6 rings (SSSR count). The van der Waals surface area contributed by atoms with Gasteiger partial charge in [-0.15, -0.1) is 21.5 Å². The zero-order valence-corrected chi connectivity index (χ0v) is 24.0. The van der Waals surface area contributed by atoms with Gasteiger partial charge in [0.2, 0.25) is 0 Å². The number of aromatic nitrogens is 4. The standard InChI is InChI=1S/C27H25Cl2N5O3S2/c28-20-7-6-19(15-21(20)29)34-23(14-18-4-2-1-3-5-18)31-32-26(34)39-17-24-30-22(16-38-24)25(35)33-10-8-27(9-11-33)36-12-13-37-27/h1-7,15-16H,8-14,17H2. The van der Waals surface area contributed by atoms with E-state index in [1.54, 1.807) is 6.07 Å². The molecule has 1 amide bonds. The second-order valence-corrected chi connectivity index (χ2v) is 12.0. The van der Waals surface area contributed by atoms with Gasteiger partial charge < -0.3 is 14.4 Å². The highest BCUT2D eigenvalue weighted by atomic mass is 35.5. The predicted molar refractivity (Wildman–Crippen MR) is 152 cm³/mol. The predicted octanol–water partition coefficient (Wildman–Crippen LogP) is 5.89. The largest absolute Gasteiger partial charge is 0.347 e. The van der Waals surface area contributed by atoms with Crippen LogP contribution in [0.2, 0.25) is 10.0 Å². The number of thiazole rings is 1.